The number of fused-ring (bicyclic) bond motifs is 1. The van der Waals surface area contributed by atoms with Gasteiger partial charge in [0.25, 0.3) is 0 Å². The molecule has 0 aromatic rings. The fraction of sp³-hybridized carbons (Fsp3) is 0.800. The molecule has 2 bridgehead atoms. The van der Waals surface area contributed by atoms with E-state index in [1.807, 2.05) is 0 Å². The van der Waals surface area contributed by atoms with Crippen molar-refractivity contribution in [2.75, 3.05) is 13.7 Å². The molecule has 0 N–H and O–H groups in total. The van der Waals surface area contributed by atoms with E-state index in [2.05, 4.69) is 19.1 Å². The summed E-state index contributed by atoms with van der Waals surface area (Å²) in [7, 11) is 1.68. The minimum atomic E-state index is -0.669. The Bertz CT molecular complexity index is 443. The van der Waals surface area contributed by atoms with Gasteiger partial charge in [-0.3, -0.25) is 4.79 Å². The van der Waals surface area contributed by atoms with Gasteiger partial charge in [-0.25, -0.2) is 0 Å². The zero-order chi connectivity index (χ0) is 12.5. The Morgan fingerprint density at radius 3 is 3.06 bits per heavy atom. The topological polar surface area (TPSA) is 35.5 Å². The van der Waals surface area contributed by atoms with Crippen LogP contribution >= 0.6 is 0 Å². The number of carbonyl (C=O) groups excluding carboxylic acids is 1. The number of rotatable bonds is 1. The fourth-order valence-corrected chi connectivity index (χ4v) is 5.36. The molecule has 1 aliphatic heterocycles. The number of Topliss-reactive ketones (excluding diaryl/α,β-unsaturated/α-hetero) is 1. The molecule has 0 radical (unpaired) electrons. The summed E-state index contributed by atoms with van der Waals surface area (Å²) in [4.78, 5) is 13.0. The molecule has 0 unspecified atom stereocenters. The summed E-state index contributed by atoms with van der Waals surface area (Å²) in [6, 6.07) is 0. The van der Waals surface area contributed by atoms with Gasteiger partial charge >= 0.3 is 0 Å². The van der Waals surface area contributed by atoms with Crippen LogP contribution in [0.5, 0.6) is 0 Å². The van der Waals surface area contributed by atoms with Crippen LogP contribution in [-0.4, -0.2) is 31.2 Å². The zero-order valence-electron chi connectivity index (χ0n) is 11.0. The number of allylic oxidation sites excluding steroid dienone is 1. The zero-order valence-corrected chi connectivity index (χ0v) is 11.0. The highest BCUT2D eigenvalue weighted by atomic mass is 16.6. The summed E-state index contributed by atoms with van der Waals surface area (Å²) < 4.78 is 11.6. The Balaban J connectivity index is 1.93. The maximum atomic E-state index is 13.0. The van der Waals surface area contributed by atoms with Gasteiger partial charge in [-0.15, -0.1) is 0 Å². The third-order valence-electron chi connectivity index (χ3n) is 5.87. The summed E-state index contributed by atoms with van der Waals surface area (Å²) in [5, 5.41) is 0. The molecule has 0 amide bonds. The van der Waals surface area contributed by atoms with E-state index >= 15 is 0 Å². The molecule has 98 valence electrons. The maximum absolute atomic E-state index is 13.0. The van der Waals surface area contributed by atoms with Gasteiger partial charge < -0.3 is 9.47 Å². The first-order valence-corrected chi connectivity index (χ1v) is 7.06. The highest BCUT2D eigenvalue weighted by Crippen LogP contribution is 2.66. The molecule has 6 atom stereocenters. The normalized spacial score (nSPS) is 56.9. The van der Waals surface area contributed by atoms with Crippen molar-refractivity contribution in [3.8, 4) is 0 Å². The van der Waals surface area contributed by atoms with Crippen molar-refractivity contribution >= 4 is 5.78 Å². The number of hydrogen-bond acceptors (Lipinski definition) is 3. The Morgan fingerprint density at radius 2 is 2.28 bits per heavy atom. The number of hydrogen-bond donors (Lipinski definition) is 0. The quantitative estimate of drug-likeness (QED) is 0.665. The van der Waals surface area contributed by atoms with Crippen LogP contribution in [-0.2, 0) is 14.3 Å². The molecule has 3 aliphatic carbocycles. The van der Waals surface area contributed by atoms with Gasteiger partial charge in [0.2, 0.25) is 0 Å². The van der Waals surface area contributed by atoms with Gasteiger partial charge in [-0.2, -0.15) is 0 Å². The first kappa shape index (κ1) is 11.2. The number of methoxy groups -OCH3 is 1. The molecule has 0 aromatic carbocycles. The second-order valence-corrected chi connectivity index (χ2v) is 6.56. The third kappa shape index (κ3) is 0.958. The Labute approximate surface area is 108 Å². The standard InChI is InChI=1S/C15H20O3/c1-9-7-11-10-4-6-18-12-3-5-14(11,8-9)13(16)15(10,12)17-2/h3,5,9-12H,4,6-8H2,1-2H3/t9-,10-,11-,12+,14-,15-/m1/s1. The number of carbonyl (C=O) groups is 1. The Morgan fingerprint density at radius 1 is 1.44 bits per heavy atom. The molecule has 18 heavy (non-hydrogen) atoms. The lowest BCUT2D eigenvalue weighted by Gasteiger charge is -2.44. The van der Waals surface area contributed by atoms with Crippen LogP contribution in [0.1, 0.15) is 26.2 Å². The third-order valence-corrected chi connectivity index (χ3v) is 5.87. The summed E-state index contributed by atoms with van der Waals surface area (Å²) in [6.45, 7) is 3.03. The number of ketones is 1. The van der Waals surface area contributed by atoms with Crippen molar-refractivity contribution in [2.24, 2.45) is 23.2 Å². The van der Waals surface area contributed by atoms with Crippen molar-refractivity contribution in [3.63, 3.8) is 0 Å². The van der Waals surface area contributed by atoms with Crippen LogP contribution in [0.3, 0.4) is 0 Å². The van der Waals surface area contributed by atoms with E-state index in [0.717, 1.165) is 19.4 Å². The first-order valence-electron chi connectivity index (χ1n) is 7.06. The molecule has 1 heterocycles. The van der Waals surface area contributed by atoms with E-state index in [4.69, 9.17) is 9.47 Å². The molecule has 3 fully saturated rings. The van der Waals surface area contributed by atoms with Crippen molar-refractivity contribution in [1.82, 2.24) is 0 Å². The molecule has 1 spiro atoms. The molecule has 2 saturated carbocycles. The second-order valence-electron chi connectivity index (χ2n) is 6.56. The van der Waals surface area contributed by atoms with E-state index in [1.54, 1.807) is 7.11 Å². The predicted octanol–water partition coefficient (Wildman–Crippen LogP) is 1.96. The second kappa shape index (κ2) is 3.26. The van der Waals surface area contributed by atoms with E-state index in [0.29, 0.717) is 23.5 Å². The molecular formula is C15H20O3. The van der Waals surface area contributed by atoms with Gasteiger partial charge in [0.1, 0.15) is 6.10 Å². The van der Waals surface area contributed by atoms with E-state index in [-0.39, 0.29) is 11.5 Å². The summed E-state index contributed by atoms with van der Waals surface area (Å²) >= 11 is 0. The van der Waals surface area contributed by atoms with Crippen LogP contribution in [0.15, 0.2) is 12.2 Å². The van der Waals surface area contributed by atoms with Crippen LogP contribution in [0, 0.1) is 23.2 Å². The van der Waals surface area contributed by atoms with Gasteiger partial charge in [0.15, 0.2) is 11.4 Å². The lowest BCUT2D eigenvalue weighted by Crippen LogP contribution is -2.59. The minimum Gasteiger partial charge on any atom is -0.371 e. The lowest BCUT2D eigenvalue weighted by atomic mass is 9.73. The SMILES string of the molecule is CO[C@@]12C(=O)[C@@]34C=C[C@@H]1OCC[C@@H]2[C@H]3C[C@@H](C)C4. The molecule has 1 saturated heterocycles. The van der Waals surface area contributed by atoms with Crippen molar-refractivity contribution in [1.29, 1.82) is 0 Å². The Kier molecular flexibility index (Phi) is 2.02. The van der Waals surface area contributed by atoms with Gasteiger partial charge in [-0.1, -0.05) is 19.1 Å². The molecule has 3 nitrogen and oxygen atoms in total. The fourth-order valence-electron chi connectivity index (χ4n) is 5.36. The molecule has 3 heteroatoms. The molecule has 4 aliphatic rings. The molecule has 0 aromatic heterocycles. The van der Waals surface area contributed by atoms with Crippen LogP contribution in [0.25, 0.3) is 0 Å². The van der Waals surface area contributed by atoms with Crippen LogP contribution in [0.2, 0.25) is 0 Å². The highest BCUT2D eigenvalue weighted by Gasteiger charge is 2.74. The summed E-state index contributed by atoms with van der Waals surface area (Å²) in [5.41, 5.74) is -0.901. The van der Waals surface area contributed by atoms with Gasteiger partial charge in [0, 0.05) is 19.6 Å². The first-order chi connectivity index (χ1) is 8.65. The van der Waals surface area contributed by atoms with Gasteiger partial charge in [0.05, 0.1) is 5.41 Å². The van der Waals surface area contributed by atoms with Crippen LogP contribution < -0.4 is 0 Å². The van der Waals surface area contributed by atoms with Crippen LogP contribution in [0.4, 0.5) is 0 Å². The minimum absolute atomic E-state index is 0.153. The maximum Gasteiger partial charge on any atom is 0.178 e. The van der Waals surface area contributed by atoms with Crippen molar-refractivity contribution in [2.45, 2.75) is 37.9 Å². The van der Waals surface area contributed by atoms with E-state index < -0.39 is 5.60 Å². The highest BCUT2D eigenvalue weighted by molar-refractivity contribution is 6.00. The Hall–Kier alpha value is -0.670. The van der Waals surface area contributed by atoms with Gasteiger partial charge in [-0.05, 0) is 31.1 Å². The molecule has 4 rings (SSSR count). The average Bonchev–Trinajstić information content (AvgIpc) is 2.78. The van der Waals surface area contributed by atoms with Crippen molar-refractivity contribution < 1.29 is 14.3 Å². The molecular weight excluding hydrogens is 228 g/mol. The van der Waals surface area contributed by atoms with Crippen molar-refractivity contribution in [3.05, 3.63) is 12.2 Å². The summed E-state index contributed by atoms with van der Waals surface area (Å²) in [6.07, 6.45) is 7.25. The van der Waals surface area contributed by atoms with E-state index in [1.165, 1.54) is 6.42 Å². The smallest absolute Gasteiger partial charge is 0.178 e. The average molecular weight is 248 g/mol. The monoisotopic (exact) mass is 248 g/mol. The largest absolute Gasteiger partial charge is 0.371 e. The van der Waals surface area contributed by atoms with E-state index in [9.17, 15) is 4.79 Å². The summed E-state index contributed by atoms with van der Waals surface area (Å²) in [5.74, 6) is 1.79. The predicted molar refractivity (Wildman–Crippen MR) is 66.1 cm³/mol. The number of ether oxygens (including phenoxy) is 2. The lowest BCUT2D eigenvalue weighted by molar-refractivity contribution is -0.183.